The molecule has 61 heavy (non-hydrogen) atoms. The molecule has 0 saturated heterocycles. The van der Waals surface area contributed by atoms with Crippen LogP contribution in [0.2, 0.25) is 0 Å². The summed E-state index contributed by atoms with van der Waals surface area (Å²) in [5.74, 6) is 3.14. The Hall–Kier alpha value is -6.84. The summed E-state index contributed by atoms with van der Waals surface area (Å²) in [6, 6.07) is 67.8. The van der Waals surface area contributed by atoms with Crippen LogP contribution in [0.5, 0.6) is 0 Å². The number of rotatable bonds is 5. The third-order valence-electron chi connectivity index (χ3n) is 15.6. The Morgan fingerprint density at radius 2 is 1.05 bits per heavy atom. The van der Waals surface area contributed by atoms with Crippen molar-refractivity contribution in [2.24, 2.45) is 23.7 Å². The number of benzene rings is 8. The highest BCUT2D eigenvalue weighted by Gasteiger charge is 2.61. The predicted molar refractivity (Wildman–Crippen MR) is 251 cm³/mol. The van der Waals surface area contributed by atoms with Crippen LogP contribution in [0.15, 0.2) is 186 Å². The minimum Gasteiger partial charge on any atom is -0.456 e. The molecule has 4 saturated carbocycles. The van der Waals surface area contributed by atoms with Crippen molar-refractivity contribution in [3.05, 3.63) is 193 Å². The molecule has 292 valence electrons. The Morgan fingerprint density at radius 3 is 1.80 bits per heavy atom. The number of nitrogens with zero attached hydrogens (tertiary/aromatic N) is 2. The molecule has 3 heteroatoms. The minimum absolute atomic E-state index is 0.0376. The second kappa shape index (κ2) is 12.6. The van der Waals surface area contributed by atoms with Crippen molar-refractivity contribution in [2.45, 2.75) is 37.5 Å². The summed E-state index contributed by atoms with van der Waals surface area (Å²) in [6.07, 6.45) is 6.89. The van der Waals surface area contributed by atoms with Crippen molar-refractivity contribution >= 4 is 60.8 Å². The normalized spacial score (nSPS) is 22.2. The number of para-hydroxylation sites is 3. The molecule has 0 amide bonds. The standard InChI is InChI=1S/C58H44N2O/c1-2-10-38(11-3-1)39-18-23-44(24-19-39)59(45-25-20-40(21-26-45)41-22-27-47-46-12-5-9-17-54(46)61-55(47)35-41)53-29-28-50-57-56(53)48-13-4-7-15-51(48)60(57)52-16-8-6-14-49(52)58(50)42-31-36-30-37(33-42)34-43(58)32-36/h1-29,35-37,42-43H,30-34H2. The lowest BCUT2D eigenvalue weighted by Crippen LogP contribution is -2.57. The lowest BCUT2D eigenvalue weighted by molar-refractivity contribution is -0.0418. The SMILES string of the molecule is c1ccc(-c2ccc(N(c3ccc(-c4ccc5c(c4)oc4ccccc45)cc3)c3ccc4c5c3c3ccccc3n5-c3ccccc3C43C4CC5CC(C4)CC3C5)cc2)cc1. The van der Waals surface area contributed by atoms with Crippen LogP contribution in [0.1, 0.15) is 43.2 Å². The molecule has 4 bridgehead atoms. The fourth-order valence-corrected chi connectivity index (χ4v) is 13.4. The molecular formula is C58H44N2O. The van der Waals surface area contributed by atoms with Crippen LogP contribution in [0.4, 0.5) is 17.1 Å². The fraction of sp³-hybridized carbons (Fsp3) is 0.172. The summed E-state index contributed by atoms with van der Waals surface area (Å²) in [7, 11) is 0. The first-order valence-electron chi connectivity index (χ1n) is 22.3. The zero-order chi connectivity index (χ0) is 39.8. The van der Waals surface area contributed by atoms with Crippen molar-refractivity contribution in [3.8, 4) is 27.9 Å². The average Bonchev–Trinajstić information content (AvgIpc) is 3.87. The first-order valence-corrected chi connectivity index (χ1v) is 22.3. The third kappa shape index (κ3) is 4.69. The predicted octanol–water partition coefficient (Wildman–Crippen LogP) is 15.5. The van der Waals surface area contributed by atoms with Gasteiger partial charge in [0.25, 0.3) is 0 Å². The van der Waals surface area contributed by atoms with Gasteiger partial charge in [-0.1, -0.05) is 121 Å². The maximum Gasteiger partial charge on any atom is 0.136 e. The number of hydrogen-bond donors (Lipinski definition) is 0. The van der Waals surface area contributed by atoms with E-state index in [1.54, 1.807) is 11.1 Å². The van der Waals surface area contributed by atoms with Gasteiger partial charge in [-0.25, -0.2) is 0 Å². The monoisotopic (exact) mass is 784 g/mol. The topological polar surface area (TPSA) is 21.3 Å². The highest BCUT2D eigenvalue weighted by molar-refractivity contribution is 6.18. The summed E-state index contributed by atoms with van der Waals surface area (Å²) in [4.78, 5) is 2.51. The molecule has 5 aliphatic rings. The minimum atomic E-state index is 0.0376. The summed E-state index contributed by atoms with van der Waals surface area (Å²) < 4.78 is 8.96. The summed E-state index contributed by atoms with van der Waals surface area (Å²) in [5, 5.41) is 4.97. The van der Waals surface area contributed by atoms with E-state index in [0.717, 1.165) is 56.3 Å². The van der Waals surface area contributed by atoms with Gasteiger partial charge in [0.05, 0.1) is 22.4 Å². The first kappa shape index (κ1) is 33.9. The molecule has 1 aliphatic heterocycles. The van der Waals surface area contributed by atoms with Gasteiger partial charge >= 0.3 is 0 Å². The van der Waals surface area contributed by atoms with E-state index in [9.17, 15) is 0 Å². The van der Waals surface area contributed by atoms with E-state index in [0.29, 0.717) is 11.8 Å². The molecule has 3 nitrogen and oxygen atoms in total. The van der Waals surface area contributed by atoms with E-state index < -0.39 is 0 Å². The molecule has 0 radical (unpaired) electrons. The Morgan fingerprint density at radius 1 is 0.459 bits per heavy atom. The first-order chi connectivity index (χ1) is 30.2. The van der Waals surface area contributed by atoms with E-state index in [1.165, 1.54) is 76.4 Å². The lowest BCUT2D eigenvalue weighted by atomic mass is 9.41. The van der Waals surface area contributed by atoms with Crippen LogP contribution in [-0.4, -0.2) is 4.57 Å². The van der Waals surface area contributed by atoms with Crippen LogP contribution in [-0.2, 0) is 5.41 Å². The van der Waals surface area contributed by atoms with Crippen LogP contribution in [0, 0.1) is 23.7 Å². The second-order valence-corrected chi connectivity index (χ2v) is 18.5. The molecule has 1 spiro atoms. The Labute approximate surface area is 355 Å². The van der Waals surface area contributed by atoms with E-state index in [-0.39, 0.29) is 5.41 Å². The maximum atomic E-state index is 6.32. The van der Waals surface area contributed by atoms with Gasteiger partial charge in [0.1, 0.15) is 11.2 Å². The quantitative estimate of drug-likeness (QED) is 0.173. The number of furan rings is 1. The van der Waals surface area contributed by atoms with Gasteiger partial charge in [0.15, 0.2) is 0 Å². The molecule has 15 rings (SSSR count). The van der Waals surface area contributed by atoms with Crippen LogP contribution >= 0.6 is 0 Å². The molecule has 4 fully saturated rings. The number of anilines is 3. The van der Waals surface area contributed by atoms with E-state index in [1.807, 2.05) is 6.07 Å². The van der Waals surface area contributed by atoms with Gasteiger partial charge < -0.3 is 13.9 Å². The Bertz CT molecular complexity index is 3340. The van der Waals surface area contributed by atoms with Crippen LogP contribution in [0.3, 0.4) is 0 Å². The molecule has 2 aromatic heterocycles. The molecule has 10 aromatic rings. The fourth-order valence-electron chi connectivity index (χ4n) is 13.4. The van der Waals surface area contributed by atoms with Gasteiger partial charge in [-0.05, 0) is 150 Å². The zero-order valence-electron chi connectivity index (χ0n) is 34.0. The molecule has 4 aliphatic carbocycles. The Balaban J connectivity index is 0.989. The summed E-state index contributed by atoms with van der Waals surface area (Å²) in [6.45, 7) is 0. The third-order valence-corrected chi connectivity index (χ3v) is 15.6. The molecule has 0 unspecified atom stereocenters. The van der Waals surface area contributed by atoms with Crippen molar-refractivity contribution in [3.63, 3.8) is 0 Å². The molecule has 0 N–H and O–H groups in total. The van der Waals surface area contributed by atoms with Gasteiger partial charge in [-0.3, -0.25) is 0 Å². The Kier molecular flexibility index (Phi) is 7.01. The largest absolute Gasteiger partial charge is 0.456 e. The van der Waals surface area contributed by atoms with Gasteiger partial charge in [0, 0.05) is 38.3 Å². The van der Waals surface area contributed by atoms with Crippen molar-refractivity contribution in [2.75, 3.05) is 4.90 Å². The van der Waals surface area contributed by atoms with E-state index in [4.69, 9.17) is 4.42 Å². The smallest absolute Gasteiger partial charge is 0.136 e. The molecule has 0 atom stereocenters. The van der Waals surface area contributed by atoms with Crippen molar-refractivity contribution in [1.29, 1.82) is 0 Å². The number of aromatic nitrogens is 1. The molecular weight excluding hydrogens is 741 g/mol. The van der Waals surface area contributed by atoms with E-state index in [2.05, 4.69) is 185 Å². The van der Waals surface area contributed by atoms with Crippen LogP contribution < -0.4 is 4.90 Å². The maximum absolute atomic E-state index is 6.32. The average molecular weight is 785 g/mol. The molecule has 3 heterocycles. The number of hydrogen-bond acceptors (Lipinski definition) is 2. The van der Waals surface area contributed by atoms with Gasteiger partial charge in [-0.2, -0.15) is 0 Å². The van der Waals surface area contributed by atoms with Crippen LogP contribution in [0.25, 0.3) is 71.7 Å². The molecule has 8 aromatic carbocycles. The zero-order valence-corrected chi connectivity index (χ0v) is 34.0. The van der Waals surface area contributed by atoms with Gasteiger partial charge in [-0.15, -0.1) is 0 Å². The second-order valence-electron chi connectivity index (χ2n) is 18.5. The highest BCUT2D eigenvalue weighted by Crippen LogP contribution is 2.68. The van der Waals surface area contributed by atoms with Crippen molar-refractivity contribution in [1.82, 2.24) is 4.57 Å². The van der Waals surface area contributed by atoms with E-state index >= 15 is 0 Å². The summed E-state index contributed by atoms with van der Waals surface area (Å²) >= 11 is 0. The van der Waals surface area contributed by atoms with Crippen molar-refractivity contribution < 1.29 is 4.42 Å². The summed E-state index contributed by atoms with van der Waals surface area (Å²) in [5.41, 5.74) is 17.3. The highest BCUT2D eigenvalue weighted by atomic mass is 16.3. The number of fused-ring (bicyclic) bond motifs is 8. The lowest BCUT2D eigenvalue weighted by Gasteiger charge is -2.63. The van der Waals surface area contributed by atoms with Gasteiger partial charge in [0.2, 0.25) is 0 Å².